The van der Waals surface area contributed by atoms with Crippen LogP contribution in [0.25, 0.3) is 11.4 Å². The quantitative estimate of drug-likeness (QED) is 0.868. The molecule has 2 aromatic heterocycles. The Kier molecular flexibility index (Phi) is 2.31. The van der Waals surface area contributed by atoms with Crippen LogP contribution < -0.4 is 5.73 Å². The molecule has 3 rings (SSSR count). The molecule has 2 aromatic rings. The lowest BCUT2D eigenvalue weighted by molar-refractivity contribution is 0.614. The number of aromatic nitrogens is 4. The fourth-order valence-corrected chi connectivity index (χ4v) is 1.98. The van der Waals surface area contributed by atoms with E-state index in [2.05, 4.69) is 19.5 Å². The first kappa shape index (κ1) is 10.3. The lowest BCUT2D eigenvalue weighted by atomic mass is 10.3. The van der Waals surface area contributed by atoms with Gasteiger partial charge in [0.05, 0.1) is 17.6 Å². The van der Waals surface area contributed by atoms with Crippen molar-refractivity contribution in [3.63, 3.8) is 0 Å². The molecule has 0 bridgehead atoms. The van der Waals surface area contributed by atoms with Gasteiger partial charge in [0.2, 0.25) is 5.95 Å². The van der Waals surface area contributed by atoms with Crippen LogP contribution in [0.2, 0.25) is 0 Å². The van der Waals surface area contributed by atoms with Gasteiger partial charge in [0.15, 0.2) is 0 Å². The molecule has 0 saturated heterocycles. The van der Waals surface area contributed by atoms with Crippen molar-refractivity contribution in [1.82, 2.24) is 19.5 Å². The van der Waals surface area contributed by atoms with E-state index in [4.69, 9.17) is 5.73 Å². The summed E-state index contributed by atoms with van der Waals surface area (Å²) >= 11 is 0. The van der Waals surface area contributed by atoms with Crippen LogP contribution in [0, 0.1) is 12.8 Å². The number of nitrogens with zero attached hydrogens (tertiary/aromatic N) is 4. The molecule has 5 heteroatoms. The molecule has 88 valence electrons. The maximum atomic E-state index is 5.61. The predicted molar refractivity (Wildman–Crippen MR) is 65.1 cm³/mol. The average Bonchev–Trinajstić information content (AvgIpc) is 3.04. The van der Waals surface area contributed by atoms with Gasteiger partial charge in [-0.15, -0.1) is 0 Å². The minimum absolute atomic E-state index is 0.305. The van der Waals surface area contributed by atoms with Crippen molar-refractivity contribution in [3.8, 4) is 11.4 Å². The van der Waals surface area contributed by atoms with Gasteiger partial charge >= 0.3 is 0 Å². The molecule has 1 saturated carbocycles. The molecule has 2 N–H and O–H groups in total. The van der Waals surface area contributed by atoms with Gasteiger partial charge in [0.25, 0.3) is 0 Å². The Bertz CT molecular complexity index is 542. The Hall–Kier alpha value is -1.91. The monoisotopic (exact) mass is 229 g/mol. The van der Waals surface area contributed by atoms with Gasteiger partial charge in [-0.25, -0.2) is 15.0 Å². The third-order valence-electron chi connectivity index (χ3n) is 3.13. The Labute approximate surface area is 99.7 Å². The van der Waals surface area contributed by atoms with Crippen molar-refractivity contribution in [2.45, 2.75) is 26.3 Å². The first-order valence-electron chi connectivity index (χ1n) is 5.85. The highest BCUT2D eigenvalue weighted by Gasteiger charge is 2.24. The summed E-state index contributed by atoms with van der Waals surface area (Å²) in [4.78, 5) is 12.5. The molecular formula is C12H15N5. The number of nitrogens with two attached hydrogens (primary N) is 1. The second-order valence-corrected chi connectivity index (χ2v) is 4.54. The summed E-state index contributed by atoms with van der Waals surface area (Å²) in [5, 5.41) is 0. The van der Waals surface area contributed by atoms with Gasteiger partial charge in [0.1, 0.15) is 5.82 Å². The summed E-state index contributed by atoms with van der Waals surface area (Å²) in [6.07, 6.45) is 6.19. The highest BCUT2D eigenvalue weighted by atomic mass is 15.1. The maximum absolute atomic E-state index is 5.61. The van der Waals surface area contributed by atoms with Crippen molar-refractivity contribution < 1.29 is 0 Å². The van der Waals surface area contributed by atoms with Gasteiger partial charge < -0.3 is 10.3 Å². The SMILES string of the molecule is Cc1ncc(-c2ccnc(N)n2)n1CC1CC1. The number of imidazole rings is 1. The molecule has 0 aromatic carbocycles. The summed E-state index contributed by atoms with van der Waals surface area (Å²) in [5.74, 6) is 2.14. The summed E-state index contributed by atoms with van der Waals surface area (Å²) in [5.41, 5.74) is 7.49. The lowest BCUT2D eigenvalue weighted by Gasteiger charge is -2.09. The molecule has 1 fully saturated rings. The topological polar surface area (TPSA) is 69.6 Å². The summed E-state index contributed by atoms with van der Waals surface area (Å²) < 4.78 is 2.22. The fourth-order valence-electron chi connectivity index (χ4n) is 1.98. The van der Waals surface area contributed by atoms with E-state index in [0.29, 0.717) is 5.95 Å². The van der Waals surface area contributed by atoms with E-state index in [0.717, 1.165) is 29.7 Å². The highest BCUT2D eigenvalue weighted by molar-refractivity contribution is 5.55. The van der Waals surface area contributed by atoms with Crippen molar-refractivity contribution in [1.29, 1.82) is 0 Å². The van der Waals surface area contributed by atoms with Crippen LogP contribution in [0.15, 0.2) is 18.5 Å². The van der Waals surface area contributed by atoms with Crippen LogP contribution in [0.1, 0.15) is 18.7 Å². The normalized spacial score (nSPS) is 15.1. The van der Waals surface area contributed by atoms with Gasteiger partial charge in [-0.2, -0.15) is 0 Å². The molecule has 1 aliphatic carbocycles. The van der Waals surface area contributed by atoms with E-state index in [1.807, 2.05) is 19.2 Å². The van der Waals surface area contributed by atoms with E-state index >= 15 is 0 Å². The lowest BCUT2D eigenvalue weighted by Crippen LogP contribution is -2.05. The number of aryl methyl sites for hydroxylation is 1. The smallest absolute Gasteiger partial charge is 0.220 e. The van der Waals surface area contributed by atoms with Gasteiger partial charge in [-0.1, -0.05) is 0 Å². The van der Waals surface area contributed by atoms with Crippen LogP contribution in [0.4, 0.5) is 5.95 Å². The fraction of sp³-hybridized carbons (Fsp3) is 0.417. The Morgan fingerprint density at radius 3 is 2.94 bits per heavy atom. The number of rotatable bonds is 3. The zero-order valence-electron chi connectivity index (χ0n) is 9.80. The van der Waals surface area contributed by atoms with Gasteiger partial charge in [-0.05, 0) is 31.7 Å². The van der Waals surface area contributed by atoms with Crippen molar-refractivity contribution in [3.05, 3.63) is 24.3 Å². The van der Waals surface area contributed by atoms with E-state index in [1.165, 1.54) is 12.8 Å². The number of nitrogen functional groups attached to an aromatic ring is 1. The number of hydrogen-bond acceptors (Lipinski definition) is 4. The van der Waals surface area contributed by atoms with E-state index in [1.54, 1.807) is 6.20 Å². The molecule has 17 heavy (non-hydrogen) atoms. The Balaban J connectivity index is 2.01. The highest BCUT2D eigenvalue weighted by Crippen LogP contribution is 2.32. The third kappa shape index (κ3) is 2.00. The number of anilines is 1. The molecular weight excluding hydrogens is 214 g/mol. The van der Waals surface area contributed by atoms with Crippen molar-refractivity contribution >= 4 is 5.95 Å². The molecule has 0 spiro atoms. The van der Waals surface area contributed by atoms with E-state index in [-0.39, 0.29) is 0 Å². The van der Waals surface area contributed by atoms with E-state index in [9.17, 15) is 0 Å². The molecule has 0 unspecified atom stereocenters. The van der Waals surface area contributed by atoms with Gasteiger partial charge in [-0.3, -0.25) is 0 Å². The Morgan fingerprint density at radius 2 is 2.24 bits per heavy atom. The minimum atomic E-state index is 0.305. The molecule has 0 radical (unpaired) electrons. The van der Waals surface area contributed by atoms with Crippen LogP contribution in [0.5, 0.6) is 0 Å². The number of hydrogen-bond donors (Lipinski definition) is 1. The molecule has 1 aliphatic rings. The Morgan fingerprint density at radius 1 is 1.41 bits per heavy atom. The molecule has 0 atom stereocenters. The van der Waals surface area contributed by atoms with Crippen LogP contribution in [-0.2, 0) is 6.54 Å². The molecule has 0 amide bonds. The summed E-state index contributed by atoms with van der Waals surface area (Å²) in [6, 6.07) is 1.87. The molecule has 2 heterocycles. The van der Waals surface area contributed by atoms with Crippen molar-refractivity contribution in [2.24, 2.45) is 5.92 Å². The van der Waals surface area contributed by atoms with E-state index < -0.39 is 0 Å². The zero-order chi connectivity index (χ0) is 11.8. The molecule has 5 nitrogen and oxygen atoms in total. The average molecular weight is 229 g/mol. The predicted octanol–water partition coefficient (Wildman–Crippen LogP) is 1.64. The second kappa shape index (κ2) is 3.84. The third-order valence-corrected chi connectivity index (χ3v) is 3.13. The second-order valence-electron chi connectivity index (χ2n) is 4.54. The summed E-state index contributed by atoms with van der Waals surface area (Å²) in [7, 11) is 0. The van der Waals surface area contributed by atoms with Crippen LogP contribution >= 0.6 is 0 Å². The zero-order valence-corrected chi connectivity index (χ0v) is 9.80. The first-order valence-corrected chi connectivity index (χ1v) is 5.85. The summed E-state index contributed by atoms with van der Waals surface area (Å²) in [6.45, 7) is 3.06. The first-order chi connectivity index (χ1) is 8.24. The van der Waals surface area contributed by atoms with Gasteiger partial charge in [0, 0.05) is 12.7 Å². The largest absolute Gasteiger partial charge is 0.368 e. The van der Waals surface area contributed by atoms with Crippen LogP contribution in [-0.4, -0.2) is 19.5 Å². The van der Waals surface area contributed by atoms with Crippen LogP contribution in [0.3, 0.4) is 0 Å². The molecule has 0 aliphatic heterocycles. The standard InChI is InChI=1S/C12H15N5/c1-8-15-6-11(17(8)7-9-2-3-9)10-4-5-14-12(13)16-10/h4-6,9H,2-3,7H2,1H3,(H2,13,14,16). The minimum Gasteiger partial charge on any atom is -0.368 e. The van der Waals surface area contributed by atoms with Crippen molar-refractivity contribution in [2.75, 3.05) is 5.73 Å². The maximum Gasteiger partial charge on any atom is 0.220 e.